The fourth-order valence-corrected chi connectivity index (χ4v) is 3.63. The van der Waals surface area contributed by atoms with E-state index in [0.717, 1.165) is 25.3 Å². The first-order chi connectivity index (χ1) is 10.1. The minimum atomic E-state index is -4.23. The Morgan fingerprint density at radius 3 is 2.59 bits per heavy atom. The molecule has 1 aromatic carbocycles. The molecular weight excluding hydrogens is 316 g/mol. The molecule has 0 radical (unpaired) electrons. The summed E-state index contributed by atoms with van der Waals surface area (Å²) in [6.07, 6.45) is -2.20. The number of aliphatic carboxylic acids is 1. The van der Waals surface area contributed by atoms with Crippen LogP contribution in [0.4, 0.5) is 8.78 Å². The zero-order valence-electron chi connectivity index (χ0n) is 11.9. The molecular formula is C14H17F2NO4S. The van der Waals surface area contributed by atoms with Crippen molar-refractivity contribution >= 4 is 16.0 Å². The molecule has 0 aliphatic heterocycles. The van der Waals surface area contributed by atoms with Gasteiger partial charge < -0.3 is 5.11 Å². The van der Waals surface area contributed by atoms with E-state index in [4.69, 9.17) is 5.11 Å². The Morgan fingerprint density at radius 1 is 1.45 bits per heavy atom. The average molecular weight is 333 g/mol. The SMILES string of the molecule is CC(CC(=O)O)(NS(=O)(=O)c1cccc(C2CC2)c1)C(F)F. The van der Waals surface area contributed by atoms with Gasteiger partial charge in [0.1, 0.15) is 5.54 Å². The Labute approximate surface area is 127 Å². The standard InChI is InChI=1S/C14H17F2NO4S/c1-14(13(15)16,8-12(18)19)17-22(20,21)11-4-2-3-10(7-11)9-5-6-9/h2-4,7,9,13,17H,5-6,8H2,1H3,(H,18,19). The van der Waals surface area contributed by atoms with Crippen molar-refractivity contribution in [3.63, 3.8) is 0 Å². The maximum atomic E-state index is 13.1. The van der Waals surface area contributed by atoms with Gasteiger partial charge in [0.15, 0.2) is 0 Å². The van der Waals surface area contributed by atoms with Gasteiger partial charge in [-0.2, -0.15) is 4.72 Å². The minimum absolute atomic E-state index is 0.130. The van der Waals surface area contributed by atoms with Crippen LogP contribution in [-0.4, -0.2) is 31.5 Å². The topological polar surface area (TPSA) is 83.5 Å². The number of carboxylic acid groups (broad SMARTS) is 1. The van der Waals surface area contributed by atoms with Gasteiger partial charge in [-0.05, 0) is 43.4 Å². The largest absolute Gasteiger partial charge is 0.481 e. The Balaban J connectivity index is 2.29. The summed E-state index contributed by atoms with van der Waals surface area (Å²) in [5, 5.41) is 8.72. The molecule has 122 valence electrons. The molecule has 1 fully saturated rings. The van der Waals surface area contributed by atoms with Gasteiger partial charge in [-0.25, -0.2) is 17.2 Å². The second-order valence-corrected chi connectivity index (χ2v) is 7.42. The second-order valence-electron chi connectivity index (χ2n) is 5.74. The van der Waals surface area contributed by atoms with Crippen LogP contribution in [-0.2, 0) is 14.8 Å². The zero-order valence-corrected chi connectivity index (χ0v) is 12.7. The van der Waals surface area contributed by atoms with Gasteiger partial charge >= 0.3 is 5.97 Å². The third kappa shape index (κ3) is 3.80. The fourth-order valence-electron chi connectivity index (χ4n) is 2.19. The molecule has 1 atom stereocenters. The molecule has 1 aliphatic rings. The van der Waals surface area contributed by atoms with Crippen LogP contribution in [0.15, 0.2) is 29.2 Å². The third-order valence-corrected chi connectivity index (χ3v) is 5.19. The molecule has 0 spiro atoms. The first kappa shape index (κ1) is 16.8. The van der Waals surface area contributed by atoms with E-state index in [9.17, 15) is 22.0 Å². The van der Waals surface area contributed by atoms with E-state index in [1.54, 1.807) is 12.1 Å². The second kappa shape index (κ2) is 5.92. The van der Waals surface area contributed by atoms with Crippen LogP contribution in [0.3, 0.4) is 0 Å². The van der Waals surface area contributed by atoms with Crippen molar-refractivity contribution in [1.29, 1.82) is 0 Å². The lowest BCUT2D eigenvalue weighted by molar-refractivity contribution is -0.140. The Hall–Kier alpha value is -1.54. The van der Waals surface area contributed by atoms with Gasteiger partial charge in [-0.15, -0.1) is 0 Å². The molecule has 2 N–H and O–H groups in total. The number of benzene rings is 1. The van der Waals surface area contributed by atoms with Gasteiger partial charge in [-0.3, -0.25) is 4.79 Å². The van der Waals surface area contributed by atoms with Gasteiger partial charge in [0.2, 0.25) is 10.0 Å². The van der Waals surface area contributed by atoms with Crippen LogP contribution >= 0.6 is 0 Å². The number of rotatable bonds is 7. The van der Waals surface area contributed by atoms with E-state index in [0.29, 0.717) is 5.92 Å². The van der Waals surface area contributed by atoms with E-state index in [2.05, 4.69) is 0 Å². The van der Waals surface area contributed by atoms with Crippen LogP contribution in [0.25, 0.3) is 0 Å². The fraction of sp³-hybridized carbons (Fsp3) is 0.500. The summed E-state index contributed by atoms with van der Waals surface area (Å²) in [7, 11) is -4.23. The molecule has 0 bridgehead atoms. The molecule has 1 saturated carbocycles. The van der Waals surface area contributed by atoms with Crippen molar-refractivity contribution in [3.8, 4) is 0 Å². The van der Waals surface area contributed by atoms with Crippen LogP contribution in [0.2, 0.25) is 0 Å². The Kier molecular flexibility index (Phi) is 4.53. The lowest BCUT2D eigenvalue weighted by Crippen LogP contribution is -2.52. The van der Waals surface area contributed by atoms with Crippen LogP contribution in [0.5, 0.6) is 0 Å². The predicted molar refractivity (Wildman–Crippen MR) is 75.4 cm³/mol. The van der Waals surface area contributed by atoms with E-state index < -0.39 is 34.4 Å². The summed E-state index contributed by atoms with van der Waals surface area (Å²) in [6, 6.07) is 6.10. The number of alkyl halides is 2. The molecule has 1 aliphatic carbocycles. The molecule has 0 saturated heterocycles. The number of carboxylic acids is 1. The summed E-state index contributed by atoms with van der Waals surface area (Å²) in [6.45, 7) is 0.883. The van der Waals surface area contributed by atoms with Gasteiger partial charge in [-0.1, -0.05) is 12.1 Å². The van der Waals surface area contributed by atoms with Crippen molar-refractivity contribution in [2.45, 2.75) is 49.0 Å². The summed E-state index contributed by atoms with van der Waals surface area (Å²) in [5.74, 6) is -1.19. The predicted octanol–water partition coefficient (Wildman–Crippen LogP) is 2.34. The highest BCUT2D eigenvalue weighted by Gasteiger charge is 2.41. The number of hydrogen-bond acceptors (Lipinski definition) is 3. The van der Waals surface area contributed by atoms with Crippen molar-refractivity contribution in [1.82, 2.24) is 4.72 Å². The highest BCUT2D eigenvalue weighted by molar-refractivity contribution is 7.89. The molecule has 1 unspecified atom stereocenters. The molecule has 0 aromatic heterocycles. The lowest BCUT2D eigenvalue weighted by Gasteiger charge is -2.28. The minimum Gasteiger partial charge on any atom is -0.481 e. The highest BCUT2D eigenvalue weighted by Crippen LogP contribution is 2.40. The van der Waals surface area contributed by atoms with Crippen LogP contribution in [0.1, 0.15) is 37.7 Å². The highest BCUT2D eigenvalue weighted by atomic mass is 32.2. The average Bonchev–Trinajstić information content (AvgIpc) is 3.21. The normalized spacial score (nSPS) is 18.2. The number of carbonyl (C=O) groups is 1. The molecule has 5 nitrogen and oxygen atoms in total. The summed E-state index contributed by atoms with van der Waals surface area (Å²) >= 11 is 0. The Bertz CT molecular complexity index is 673. The molecule has 8 heteroatoms. The molecule has 0 heterocycles. The molecule has 22 heavy (non-hydrogen) atoms. The summed E-state index contributed by atoms with van der Waals surface area (Å²) in [4.78, 5) is 10.6. The monoisotopic (exact) mass is 333 g/mol. The quantitative estimate of drug-likeness (QED) is 0.802. The van der Waals surface area contributed by atoms with Crippen molar-refractivity contribution < 1.29 is 27.1 Å². The smallest absolute Gasteiger partial charge is 0.305 e. The van der Waals surface area contributed by atoms with Crippen molar-refractivity contribution in [3.05, 3.63) is 29.8 Å². The number of hydrogen-bond donors (Lipinski definition) is 2. The van der Waals surface area contributed by atoms with Crippen LogP contribution < -0.4 is 4.72 Å². The van der Waals surface area contributed by atoms with Crippen LogP contribution in [0, 0.1) is 0 Å². The number of sulfonamides is 1. The van der Waals surface area contributed by atoms with Gasteiger partial charge in [0.05, 0.1) is 11.3 Å². The van der Waals surface area contributed by atoms with E-state index in [1.165, 1.54) is 12.1 Å². The van der Waals surface area contributed by atoms with Crippen molar-refractivity contribution in [2.75, 3.05) is 0 Å². The van der Waals surface area contributed by atoms with Gasteiger partial charge in [0, 0.05) is 0 Å². The third-order valence-electron chi connectivity index (χ3n) is 3.58. The molecule has 1 aromatic rings. The first-order valence-electron chi connectivity index (χ1n) is 6.78. The van der Waals surface area contributed by atoms with E-state index in [-0.39, 0.29) is 4.90 Å². The molecule has 0 amide bonds. The summed E-state index contributed by atoms with van der Waals surface area (Å²) < 4.78 is 52.7. The zero-order chi connectivity index (χ0) is 16.5. The molecule has 2 rings (SSSR count). The van der Waals surface area contributed by atoms with E-state index >= 15 is 0 Å². The number of nitrogens with one attached hydrogen (secondary N) is 1. The first-order valence-corrected chi connectivity index (χ1v) is 8.26. The Morgan fingerprint density at radius 2 is 2.09 bits per heavy atom. The lowest BCUT2D eigenvalue weighted by atomic mass is 10.0. The van der Waals surface area contributed by atoms with Crippen molar-refractivity contribution in [2.24, 2.45) is 0 Å². The maximum absolute atomic E-state index is 13.1. The van der Waals surface area contributed by atoms with Gasteiger partial charge in [0.25, 0.3) is 6.43 Å². The number of halogens is 2. The summed E-state index contributed by atoms with van der Waals surface area (Å²) in [5.41, 5.74) is -1.51. The van der Waals surface area contributed by atoms with E-state index in [1.807, 2.05) is 4.72 Å². The maximum Gasteiger partial charge on any atom is 0.305 e.